The topological polar surface area (TPSA) is 0 Å². The summed E-state index contributed by atoms with van der Waals surface area (Å²) < 4.78 is 0. The van der Waals surface area contributed by atoms with Gasteiger partial charge in [0.2, 0.25) is 0 Å². The molecule has 0 atom stereocenters. The van der Waals surface area contributed by atoms with Crippen LogP contribution in [-0.2, 0) is 0 Å². The van der Waals surface area contributed by atoms with Crippen LogP contribution in [0.1, 0.15) is 44.7 Å². The van der Waals surface area contributed by atoms with Gasteiger partial charge in [-0.05, 0) is 11.1 Å². The van der Waals surface area contributed by atoms with E-state index in [0.717, 1.165) is 0 Å². The zero-order valence-electron chi connectivity index (χ0n) is 14.6. The zero-order chi connectivity index (χ0) is 16.5. The predicted octanol–water partition coefficient (Wildman–Crippen LogP) is 6.37. The van der Waals surface area contributed by atoms with Crippen molar-refractivity contribution in [1.29, 1.82) is 0 Å². The maximum Gasteiger partial charge on any atom is 0.0307 e. The van der Waals surface area contributed by atoms with Gasteiger partial charge in [-0.2, -0.15) is 0 Å². The van der Waals surface area contributed by atoms with Crippen LogP contribution < -0.4 is 0 Å². The summed E-state index contributed by atoms with van der Waals surface area (Å²) in [5.41, 5.74) is 4.38. The molecule has 0 fully saturated rings. The van der Waals surface area contributed by atoms with Crippen LogP contribution in [0.5, 0.6) is 0 Å². The highest BCUT2D eigenvalue weighted by Crippen LogP contribution is 2.47. The summed E-state index contributed by atoms with van der Waals surface area (Å²) in [6.07, 6.45) is 7.18. The van der Waals surface area contributed by atoms with Crippen LogP contribution in [0.15, 0.2) is 84.5 Å². The normalized spacial score (nSPS) is 18.7. The Hall–Kier alpha value is -2.08. The van der Waals surface area contributed by atoms with Crippen LogP contribution >= 0.6 is 0 Å². The monoisotopic (exact) mass is 302 g/mol. The molecule has 23 heavy (non-hydrogen) atoms. The van der Waals surface area contributed by atoms with E-state index in [1.54, 1.807) is 0 Å². The van der Waals surface area contributed by atoms with Gasteiger partial charge in [-0.3, -0.25) is 0 Å². The van der Waals surface area contributed by atoms with Crippen molar-refractivity contribution >= 4 is 0 Å². The minimum Gasteiger partial charge on any atom is -0.0782 e. The third kappa shape index (κ3) is 3.32. The molecule has 0 saturated carbocycles. The molecule has 0 nitrogen and oxygen atoms in total. The highest BCUT2D eigenvalue weighted by molar-refractivity contribution is 5.46. The molecule has 118 valence electrons. The van der Waals surface area contributed by atoms with Gasteiger partial charge in [0.1, 0.15) is 0 Å². The van der Waals surface area contributed by atoms with Gasteiger partial charge in [-0.15, -0.1) is 0 Å². The van der Waals surface area contributed by atoms with E-state index in [-0.39, 0.29) is 10.8 Å². The Bertz CT molecular complexity index is 676. The third-order valence-corrected chi connectivity index (χ3v) is 4.78. The molecule has 2 aromatic carbocycles. The van der Waals surface area contributed by atoms with Crippen LogP contribution in [0.4, 0.5) is 0 Å². The van der Waals surface area contributed by atoms with E-state index in [2.05, 4.69) is 107 Å². The van der Waals surface area contributed by atoms with E-state index < -0.39 is 0 Å². The maximum atomic E-state index is 2.47. The Balaban J connectivity index is 2.18. The van der Waals surface area contributed by atoms with Crippen molar-refractivity contribution in [1.82, 2.24) is 0 Å². The van der Waals surface area contributed by atoms with Crippen molar-refractivity contribution in [3.63, 3.8) is 0 Å². The highest BCUT2D eigenvalue weighted by Gasteiger charge is 2.34. The number of hydrogen-bond donors (Lipinski definition) is 0. The maximum absolute atomic E-state index is 2.47. The Kier molecular flexibility index (Phi) is 4.02. The third-order valence-electron chi connectivity index (χ3n) is 4.78. The van der Waals surface area contributed by atoms with Crippen LogP contribution in [0, 0.1) is 10.8 Å². The summed E-state index contributed by atoms with van der Waals surface area (Å²) in [7, 11) is 0. The van der Waals surface area contributed by atoms with Gasteiger partial charge in [0.25, 0.3) is 0 Å². The summed E-state index contributed by atoms with van der Waals surface area (Å²) in [6.45, 7) is 9.21. The molecular formula is C23H26. The van der Waals surface area contributed by atoms with Crippen molar-refractivity contribution in [2.45, 2.75) is 33.6 Å². The van der Waals surface area contributed by atoms with Gasteiger partial charge in [0.05, 0.1) is 0 Å². The molecule has 0 saturated heterocycles. The first-order valence-electron chi connectivity index (χ1n) is 8.43. The van der Waals surface area contributed by atoms with Gasteiger partial charge in [-0.1, -0.05) is 112 Å². The molecule has 1 aliphatic rings. The largest absolute Gasteiger partial charge is 0.0782 e. The molecule has 0 unspecified atom stereocenters. The van der Waals surface area contributed by atoms with E-state index >= 15 is 0 Å². The number of rotatable bonds is 3. The molecule has 0 aliphatic heterocycles. The van der Waals surface area contributed by atoms with Crippen LogP contribution in [-0.4, -0.2) is 0 Å². The van der Waals surface area contributed by atoms with Crippen LogP contribution in [0.2, 0.25) is 0 Å². The molecule has 0 heterocycles. The van der Waals surface area contributed by atoms with Crippen molar-refractivity contribution in [2.75, 3.05) is 0 Å². The molecule has 0 aromatic heterocycles. The van der Waals surface area contributed by atoms with Gasteiger partial charge < -0.3 is 0 Å². The first kappa shape index (κ1) is 15.8. The summed E-state index contributed by atoms with van der Waals surface area (Å²) in [6, 6.07) is 21.8. The average Bonchev–Trinajstić information content (AvgIpc) is 2.54. The fraction of sp³-hybridized carbons (Fsp3) is 0.304. The van der Waals surface area contributed by atoms with Crippen molar-refractivity contribution in [2.24, 2.45) is 10.8 Å². The standard InChI is InChI=1S/C23H26/c1-22(2)15-16-23(3,4)20(17-22)21(18-11-7-5-8-12-18)19-13-9-6-10-14-19/h5-17,21H,1-4H3. The second kappa shape index (κ2) is 5.85. The van der Waals surface area contributed by atoms with Crippen LogP contribution in [0.3, 0.4) is 0 Å². The molecule has 0 radical (unpaired) electrons. The van der Waals surface area contributed by atoms with Gasteiger partial charge >= 0.3 is 0 Å². The second-order valence-electron chi connectivity index (χ2n) is 7.73. The van der Waals surface area contributed by atoms with Crippen molar-refractivity contribution in [3.05, 3.63) is 95.6 Å². The fourth-order valence-electron chi connectivity index (χ4n) is 3.45. The lowest BCUT2D eigenvalue weighted by molar-refractivity contribution is 0.481. The fourth-order valence-corrected chi connectivity index (χ4v) is 3.45. The summed E-state index contributed by atoms with van der Waals surface area (Å²) >= 11 is 0. The molecule has 1 aliphatic carbocycles. The lowest BCUT2D eigenvalue weighted by Crippen LogP contribution is -2.25. The van der Waals surface area contributed by atoms with E-state index in [4.69, 9.17) is 0 Å². The molecule has 2 aromatic rings. The van der Waals surface area contributed by atoms with Gasteiger partial charge in [-0.25, -0.2) is 0 Å². The van der Waals surface area contributed by atoms with E-state index in [0.29, 0.717) is 5.92 Å². The molecule has 0 heteroatoms. The number of allylic oxidation sites excluding steroid dienone is 4. The molecule has 0 amide bonds. The van der Waals surface area contributed by atoms with Crippen LogP contribution in [0.25, 0.3) is 0 Å². The summed E-state index contributed by atoms with van der Waals surface area (Å²) in [5.74, 6) is 0.302. The first-order valence-corrected chi connectivity index (χ1v) is 8.43. The van der Waals surface area contributed by atoms with Crippen molar-refractivity contribution < 1.29 is 0 Å². The smallest absolute Gasteiger partial charge is 0.0307 e. The lowest BCUT2D eigenvalue weighted by Gasteiger charge is -2.38. The molecule has 0 N–H and O–H groups in total. The Morgan fingerprint density at radius 3 is 1.61 bits per heavy atom. The average molecular weight is 302 g/mol. The lowest BCUT2D eigenvalue weighted by atomic mass is 9.66. The molecule has 0 spiro atoms. The predicted molar refractivity (Wildman–Crippen MR) is 99.5 cm³/mol. The molecule has 0 bridgehead atoms. The van der Waals surface area contributed by atoms with E-state index in [1.807, 2.05) is 0 Å². The number of benzene rings is 2. The summed E-state index contributed by atoms with van der Waals surface area (Å²) in [4.78, 5) is 0. The Morgan fingerprint density at radius 1 is 0.652 bits per heavy atom. The highest BCUT2D eigenvalue weighted by atomic mass is 14.4. The molecular weight excluding hydrogens is 276 g/mol. The number of hydrogen-bond acceptors (Lipinski definition) is 0. The minimum atomic E-state index is 0.0614. The van der Waals surface area contributed by atoms with Gasteiger partial charge in [0, 0.05) is 16.7 Å². The zero-order valence-corrected chi connectivity index (χ0v) is 14.6. The summed E-state index contributed by atoms with van der Waals surface area (Å²) in [5, 5.41) is 0. The van der Waals surface area contributed by atoms with E-state index in [9.17, 15) is 0 Å². The Morgan fingerprint density at radius 2 is 1.13 bits per heavy atom. The first-order chi connectivity index (χ1) is 10.9. The SMILES string of the molecule is CC1(C)C=CC(C)(C)C(C(c2ccccc2)c2ccccc2)=C1. The molecule has 3 rings (SSSR count). The van der Waals surface area contributed by atoms with Gasteiger partial charge in [0.15, 0.2) is 0 Å². The minimum absolute atomic E-state index is 0.0614. The second-order valence-corrected chi connectivity index (χ2v) is 7.73. The quantitative estimate of drug-likeness (QED) is 0.578. The Labute approximate surface area is 140 Å². The van der Waals surface area contributed by atoms with Crippen molar-refractivity contribution in [3.8, 4) is 0 Å². The van der Waals surface area contributed by atoms with E-state index in [1.165, 1.54) is 16.7 Å².